The van der Waals surface area contributed by atoms with E-state index in [1.165, 1.54) is 36.6 Å². The van der Waals surface area contributed by atoms with Gasteiger partial charge in [0, 0.05) is 35.1 Å². The Kier molecular flexibility index (Phi) is 5.92. The molecule has 0 aliphatic rings. The lowest BCUT2D eigenvalue weighted by atomic mass is 10.2. The molecule has 3 rings (SSSR count). The van der Waals surface area contributed by atoms with Crippen molar-refractivity contribution in [2.24, 2.45) is 0 Å². The molecule has 27 heavy (non-hydrogen) atoms. The number of amides is 1. The largest absolute Gasteiger partial charge is 0.493 e. The highest BCUT2D eigenvalue weighted by molar-refractivity contribution is 7.13. The van der Waals surface area contributed by atoms with E-state index < -0.39 is 6.61 Å². The number of rotatable bonds is 7. The van der Waals surface area contributed by atoms with Crippen LogP contribution in [-0.4, -0.2) is 29.6 Å². The van der Waals surface area contributed by atoms with Gasteiger partial charge in [0.2, 0.25) is 5.91 Å². The summed E-state index contributed by atoms with van der Waals surface area (Å²) in [6, 6.07) is 7.96. The van der Waals surface area contributed by atoms with Gasteiger partial charge in [0.1, 0.15) is 5.01 Å². The summed E-state index contributed by atoms with van der Waals surface area (Å²) in [5.74, 6) is -0.335. The lowest BCUT2D eigenvalue weighted by Gasteiger charge is -2.12. The third-order valence-corrected chi connectivity index (χ3v) is 4.41. The first-order valence-electron chi connectivity index (χ1n) is 7.82. The van der Waals surface area contributed by atoms with Crippen LogP contribution in [0.3, 0.4) is 0 Å². The Labute approximate surface area is 157 Å². The standard InChI is InChI=1S/C18H15F2N3O3S/c1-25-14-5-4-12(7-15(14)26-18(19)20)22-16(24)8-13-10-27-17(23-13)11-3-2-6-21-9-11/h2-7,9-10,18H,8H2,1H3,(H,22,24). The van der Waals surface area contributed by atoms with Gasteiger partial charge >= 0.3 is 6.61 Å². The third-order valence-electron chi connectivity index (χ3n) is 3.47. The molecule has 0 unspecified atom stereocenters. The van der Waals surface area contributed by atoms with E-state index in [2.05, 4.69) is 20.0 Å². The summed E-state index contributed by atoms with van der Waals surface area (Å²) < 4.78 is 34.3. The predicted octanol–water partition coefficient (Wildman–Crippen LogP) is 4.00. The van der Waals surface area contributed by atoms with Crippen molar-refractivity contribution in [3.63, 3.8) is 0 Å². The van der Waals surface area contributed by atoms with Gasteiger partial charge in [-0.2, -0.15) is 8.78 Å². The maximum absolute atomic E-state index is 12.5. The fourth-order valence-corrected chi connectivity index (χ4v) is 3.13. The van der Waals surface area contributed by atoms with Crippen molar-refractivity contribution in [2.75, 3.05) is 12.4 Å². The Morgan fingerprint density at radius 1 is 1.30 bits per heavy atom. The SMILES string of the molecule is COc1ccc(NC(=O)Cc2csc(-c3cccnc3)n2)cc1OC(F)F. The van der Waals surface area contributed by atoms with Gasteiger partial charge in [-0.25, -0.2) is 4.98 Å². The zero-order valence-corrected chi connectivity index (χ0v) is 15.0. The van der Waals surface area contributed by atoms with Crippen LogP contribution in [0.15, 0.2) is 48.1 Å². The molecule has 1 N–H and O–H groups in total. The minimum Gasteiger partial charge on any atom is -0.493 e. The topological polar surface area (TPSA) is 73.3 Å². The summed E-state index contributed by atoms with van der Waals surface area (Å²) in [5, 5.41) is 5.20. The number of ether oxygens (including phenoxy) is 2. The molecule has 0 radical (unpaired) electrons. The Hall–Kier alpha value is -3.07. The molecule has 140 valence electrons. The van der Waals surface area contributed by atoms with Crippen LogP contribution < -0.4 is 14.8 Å². The van der Waals surface area contributed by atoms with Crippen molar-refractivity contribution < 1.29 is 23.0 Å². The van der Waals surface area contributed by atoms with Crippen LogP contribution >= 0.6 is 11.3 Å². The van der Waals surface area contributed by atoms with Crippen LogP contribution in [0.1, 0.15) is 5.69 Å². The van der Waals surface area contributed by atoms with Gasteiger partial charge in [0.05, 0.1) is 19.2 Å². The molecule has 6 nitrogen and oxygen atoms in total. The monoisotopic (exact) mass is 391 g/mol. The number of carbonyl (C=O) groups excluding carboxylic acids is 1. The molecule has 9 heteroatoms. The number of alkyl halides is 2. The van der Waals surface area contributed by atoms with Gasteiger partial charge in [-0.3, -0.25) is 9.78 Å². The fourth-order valence-electron chi connectivity index (χ4n) is 2.32. The second-order valence-corrected chi connectivity index (χ2v) is 6.21. The second kappa shape index (κ2) is 8.54. The Morgan fingerprint density at radius 3 is 2.85 bits per heavy atom. The van der Waals surface area contributed by atoms with E-state index in [-0.39, 0.29) is 23.8 Å². The fraction of sp³-hybridized carbons (Fsp3) is 0.167. The number of nitrogens with one attached hydrogen (secondary N) is 1. The molecule has 0 aliphatic heterocycles. The van der Waals surface area contributed by atoms with E-state index in [1.807, 2.05) is 12.1 Å². The first-order chi connectivity index (χ1) is 13.0. The number of thiazole rings is 1. The molecule has 1 aromatic carbocycles. The lowest BCUT2D eigenvalue weighted by Crippen LogP contribution is -2.15. The highest BCUT2D eigenvalue weighted by atomic mass is 32.1. The number of nitrogens with zero attached hydrogens (tertiary/aromatic N) is 2. The molecule has 0 saturated carbocycles. The van der Waals surface area contributed by atoms with Crippen LogP contribution in [0.2, 0.25) is 0 Å². The summed E-state index contributed by atoms with van der Waals surface area (Å²) in [7, 11) is 1.34. The van der Waals surface area contributed by atoms with Crippen LogP contribution in [-0.2, 0) is 11.2 Å². The number of pyridine rings is 1. The third kappa shape index (κ3) is 4.98. The Balaban J connectivity index is 1.67. The van der Waals surface area contributed by atoms with E-state index >= 15 is 0 Å². The number of halogens is 2. The summed E-state index contributed by atoms with van der Waals surface area (Å²) in [6.07, 6.45) is 3.42. The molecule has 0 saturated heterocycles. The summed E-state index contributed by atoms with van der Waals surface area (Å²) in [5.41, 5.74) is 1.80. The molecule has 0 spiro atoms. The van der Waals surface area contributed by atoms with Gasteiger partial charge in [0.15, 0.2) is 11.5 Å². The van der Waals surface area contributed by atoms with E-state index in [0.717, 1.165) is 10.6 Å². The number of benzene rings is 1. The van der Waals surface area contributed by atoms with Gasteiger partial charge in [0.25, 0.3) is 0 Å². The predicted molar refractivity (Wildman–Crippen MR) is 97.3 cm³/mol. The first kappa shape index (κ1) is 18.7. The van der Waals surface area contributed by atoms with E-state index in [0.29, 0.717) is 11.4 Å². The molecule has 0 fully saturated rings. The molecule has 0 aliphatic carbocycles. The number of methoxy groups -OCH3 is 1. The quantitative estimate of drug-likeness (QED) is 0.659. The number of carbonyl (C=O) groups is 1. The average molecular weight is 391 g/mol. The number of hydrogen-bond donors (Lipinski definition) is 1. The van der Waals surface area contributed by atoms with Crippen LogP contribution in [0.25, 0.3) is 10.6 Å². The van der Waals surface area contributed by atoms with Crippen molar-refractivity contribution in [1.82, 2.24) is 9.97 Å². The molecule has 0 bridgehead atoms. The number of anilines is 1. The van der Waals surface area contributed by atoms with E-state index in [9.17, 15) is 13.6 Å². The Morgan fingerprint density at radius 2 is 2.15 bits per heavy atom. The van der Waals surface area contributed by atoms with Crippen LogP contribution in [0.5, 0.6) is 11.5 Å². The molecule has 2 aromatic heterocycles. The summed E-state index contributed by atoms with van der Waals surface area (Å²) in [4.78, 5) is 20.7. The van der Waals surface area contributed by atoms with Crippen molar-refractivity contribution in [2.45, 2.75) is 13.0 Å². The molecule has 0 atom stereocenters. The van der Waals surface area contributed by atoms with Gasteiger partial charge in [-0.15, -0.1) is 11.3 Å². The van der Waals surface area contributed by atoms with Crippen molar-refractivity contribution in [3.05, 3.63) is 53.8 Å². The first-order valence-corrected chi connectivity index (χ1v) is 8.70. The summed E-state index contributed by atoms with van der Waals surface area (Å²) in [6.45, 7) is -2.99. The normalized spacial score (nSPS) is 10.7. The van der Waals surface area contributed by atoms with Crippen LogP contribution in [0.4, 0.5) is 14.5 Å². The van der Waals surface area contributed by atoms with Crippen molar-refractivity contribution in [3.8, 4) is 22.1 Å². The Bertz CT molecular complexity index is 919. The molecule has 2 heterocycles. The average Bonchev–Trinajstić information content (AvgIpc) is 3.10. The highest BCUT2D eigenvalue weighted by Gasteiger charge is 2.14. The molecular formula is C18H15F2N3O3S. The second-order valence-electron chi connectivity index (χ2n) is 5.35. The maximum atomic E-state index is 12.5. The zero-order chi connectivity index (χ0) is 19.2. The lowest BCUT2D eigenvalue weighted by molar-refractivity contribution is -0.115. The van der Waals surface area contributed by atoms with Crippen molar-refractivity contribution in [1.29, 1.82) is 0 Å². The number of hydrogen-bond acceptors (Lipinski definition) is 6. The molecular weight excluding hydrogens is 376 g/mol. The summed E-state index contributed by atoms with van der Waals surface area (Å²) >= 11 is 1.41. The highest BCUT2D eigenvalue weighted by Crippen LogP contribution is 2.31. The van der Waals surface area contributed by atoms with Gasteiger partial charge in [-0.1, -0.05) is 0 Å². The maximum Gasteiger partial charge on any atom is 0.387 e. The van der Waals surface area contributed by atoms with E-state index in [4.69, 9.17) is 4.74 Å². The van der Waals surface area contributed by atoms with Gasteiger partial charge in [-0.05, 0) is 24.3 Å². The smallest absolute Gasteiger partial charge is 0.387 e. The van der Waals surface area contributed by atoms with Crippen molar-refractivity contribution >= 4 is 22.9 Å². The number of aromatic nitrogens is 2. The molecule has 1 amide bonds. The van der Waals surface area contributed by atoms with Crippen LogP contribution in [0, 0.1) is 0 Å². The minimum atomic E-state index is -2.99. The zero-order valence-electron chi connectivity index (χ0n) is 14.2. The molecule has 3 aromatic rings. The minimum absolute atomic E-state index is 0.0494. The van der Waals surface area contributed by atoms with Gasteiger partial charge < -0.3 is 14.8 Å². The van der Waals surface area contributed by atoms with E-state index in [1.54, 1.807) is 17.8 Å².